The first-order valence-electron chi connectivity index (χ1n) is 8.12. The molecule has 1 heterocycles. The average molecular weight is 346 g/mol. The molecular weight excluding hydrogens is 328 g/mol. The van der Waals surface area contributed by atoms with Crippen molar-refractivity contribution < 1.29 is 4.79 Å². The number of hydrogen-bond donors (Lipinski definition) is 2. The smallest absolute Gasteiger partial charge is 0.319 e. The van der Waals surface area contributed by atoms with E-state index in [9.17, 15) is 9.59 Å². The first-order valence-corrected chi connectivity index (χ1v) is 8.12. The van der Waals surface area contributed by atoms with Crippen LogP contribution in [0.15, 0.2) is 53.3 Å². The molecule has 0 aliphatic heterocycles. The third-order valence-electron chi connectivity index (χ3n) is 3.88. The van der Waals surface area contributed by atoms with Crippen LogP contribution >= 0.6 is 0 Å². The van der Waals surface area contributed by atoms with Crippen LogP contribution < -0.4 is 16.2 Å². The summed E-state index contributed by atoms with van der Waals surface area (Å²) in [5.74, 6) is 2.42. The number of benzene rings is 2. The summed E-state index contributed by atoms with van der Waals surface area (Å²) in [5, 5.41) is 11.1. The molecule has 0 aliphatic rings. The fourth-order valence-electron chi connectivity index (χ4n) is 2.69. The largest absolute Gasteiger partial charge is 0.332 e. The van der Waals surface area contributed by atoms with Gasteiger partial charge in [-0.25, -0.2) is 9.48 Å². The van der Waals surface area contributed by atoms with Gasteiger partial charge in [-0.1, -0.05) is 36.3 Å². The summed E-state index contributed by atoms with van der Waals surface area (Å²) in [6, 6.07) is 14.3. The van der Waals surface area contributed by atoms with E-state index in [2.05, 4.69) is 21.7 Å². The Bertz CT molecular complexity index is 1060. The van der Waals surface area contributed by atoms with E-state index < -0.39 is 0 Å². The van der Waals surface area contributed by atoms with E-state index in [4.69, 9.17) is 6.42 Å². The first-order chi connectivity index (χ1) is 12.6. The minimum atomic E-state index is -0.351. The van der Waals surface area contributed by atoms with Crippen molar-refractivity contribution in [1.29, 1.82) is 0 Å². The zero-order valence-electron chi connectivity index (χ0n) is 14.3. The zero-order valence-corrected chi connectivity index (χ0v) is 14.3. The number of anilines is 1. The number of hydrogen-bond acceptors (Lipinski definition) is 3. The molecular formula is C20H18N4O2. The SMILES string of the molecule is C#CCn1nc(CNC(=O)Nc2cccc(C)c2)c2ccccc2c1=O. The topological polar surface area (TPSA) is 76.0 Å². The molecule has 26 heavy (non-hydrogen) atoms. The summed E-state index contributed by atoms with van der Waals surface area (Å²) >= 11 is 0. The molecule has 2 aromatic carbocycles. The maximum Gasteiger partial charge on any atom is 0.319 e. The summed E-state index contributed by atoms with van der Waals surface area (Å²) < 4.78 is 1.23. The summed E-state index contributed by atoms with van der Waals surface area (Å²) in [5.41, 5.74) is 2.09. The molecule has 0 fully saturated rings. The number of carbonyl (C=O) groups is 1. The number of urea groups is 1. The Morgan fingerprint density at radius 1 is 1.19 bits per heavy atom. The van der Waals surface area contributed by atoms with Crippen LogP contribution in [-0.4, -0.2) is 15.8 Å². The number of nitrogens with one attached hydrogen (secondary N) is 2. The second-order valence-electron chi connectivity index (χ2n) is 5.84. The molecule has 6 nitrogen and oxygen atoms in total. The lowest BCUT2D eigenvalue weighted by Crippen LogP contribution is -2.31. The van der Waals surface area contributed by atoms with Crippen molar-refractivity contribution in [2.24, 2.45) is 0 Å². The summed E-state index contributed by atoms with van der Waals surface area (Å²) in [4.78, 5) is 24.5. The Balaban J connectivity index is 1.82. The molecule has 6 heteroatoms. The van der Waals surface area contributed by atoms with Gasteiger partial charge in [-0.15, -0.1) is 6.42 Å². The van der Waals surface area contributed by atoms with Gasteiger partial charge in [0.2, 0.25) is 0 Å². The van der Waals surface area contributed by atoms with E-state index in [0.717, 1.165) is 5.56 Å². The molecule has 1 aromatic heterocycles. The van der Waals surface area contributed by atoms with Gasteiger partial charge in [-0.2, -0.15) is 5.10 Å². The minimum absolute atomic E-state index is 0.0756. The maximum absolute atomic E-state index is 12.4. The van der Waals surface area contributed by atoms with E-state index in [-0.39, 0.29) is 24.7 Å². The van der Waals surface area contributed by atoms with Crippen LogP contribution in [-0.2, 0) is 13.1 Å². The van der Waals surface area contributed by atoms with E-state index in [1.165, 1.54) is 4.68 Å². The second-order valence-corrected chi connectivity index (χ2v) is 5.84. The molecule has 0 bridgehead atoms. The monoisotopic (exact) mass is 346 g/mol. The lowest BCUT2D eigenvalue weighted by Gasteiger charge is -2.11. The summed E-state index contributed by atoms with van der Waals surface area (Å²) in [7, 11) is 0. The van der Waals surface area contributed by atoms with Crippen LogP contribution in [0.4, 0.5) is 10.5 Å². The standard InChI is InChI=1S/C20H18N4O2/c1-3-11-24-19(25)17-10-5-4-9-16(17)18(23-24)13-21-20(26)22-15-8-6-7-14(2)12-15/h1,4-10,12H,11,13H2,2H3,(H2,21,22,26). The van der Waals surface area contributed by atoms with E-state index >= 15 is 0 Å². The van der Waals surface area contributed by atoms with Crippen LogP contribution in [0.3, 0.4) is 0 Å². The van der Waals surface area contributed by atoms with Gasteiger partial charge >= 0.3 is 6.03 Å². The van der Waals surface area contributed by atoms with Gasteiger partial charge in [0, 0.05) is 11.1 Å². The highest BCUT2D eigenvalue weighted by Crippen LogP contribution is 2.13. The maximum atomic E-state index is 12.4. The lowest BCUT2D eigenvalue weighted by atomic mass is 10.1. The van der Waals surface area contributed by atoms with Crippen LogP contribution in [0.2, 0.25) is 0 Å². The van der Waals surface area contributed by atoms with Crippen molar-refractivity contribution >= 4 is 22.5 Å². The number of carbonyl (C=O) groups excluding carboxylic acids is 1. The van der Waals surface area contributed by atoms with Crippen molar-refractivity contribution in [2.45, 2.75) is 20.0 Å². The highest BCUT2D eigenvalue weighted by molar-refractivity contribution is 5.90. The third-order valence-corrected chi connectivity index (χ3v) is 3.88. The molecule has 2 N–H and O–H groups in total. The average Bonchev–Trinajstić information content (AvgIpc) is 2.63. The van der Waals surface area contributed by atoms with E-state index in [1.807, 2.05) is 37.3 Å². The molecule has 130 valence electrons. The number of amides is 2. The first kappa shape index (κ1) is 17.2. The number of fused-ring (bicyclic) bond motifs is 1. The number of rotatable bonds is 4. The number of nitrogens with zero attached hydrogens (tertiary/aromatic N) is 2. The third kappa shape index (κ3) is 3.73. The second kappa shape index (κ2) is 7.53. The van der Waals surface area contributed by atoms with Gasteiger partial charge in [0.1, 0.15) is 6.54 Å². The van der Waals surface area contributed by atoms with Crippen molar-refractivity contribution in [3.8, 4) is 12.3 Å². The normalized spacial score (nSPS) is 10.3. The molecule has 3 aromatic rings. The van der Waals surface area contributed by atoms with Crippen LogP contribution in [0.25, 0.3) is 10.8 Å². The molecule has 0 radical (unpaired) electrons. The van der Waals surface area contributed by atoms with Gasteiger partial charge < -0.3 is 10.6 Å². The highest BCUT2D eigenvalue weighted by atomic mass is 16.2. The molecule has 3 rings (SSSR count). The number of terminal acetylenes is 1. The number of aromatic nitrogens is 2. The Morgan fingerprint density at radius 2 is 1.96 bits per heavy atom. The van der Waals surface area contributed by atoms with Crippen LogP contribution in [0.5, 0.6) is 0 Å². The quantitative estimate of drug-likeness (QED) is 0.713. The van der Waals surface area contributed by atoms with E-state index in [1.54, 1.807) is 18.2 Å². The Labute approximate surface area is 150 Å². The lowest BCUT2D eigenvalue weighted by molar-refractivity contribution is 0.251. The Hall–Kier alpha value is -3.59. The zero-order chi connectivity index (χ0) is 18.5. The molecule has 2 amide bonds. The van der Waals surface area contributed by atoms with Crippen molar-refractivity contribution in [3.05, 3.63) is 70.1 Å². The molecule has 0 saturated heterocycles. The Morgan fingerprint density at radius 3 is 2.69 bits per heavy atom. The molecule has 0 atom stereocenters. The predicted octanol–water partition coefficient (Wildman–Crippen LogP) is 2.66. The summed E-state index contributed by atoms with van der Waals surface area (Å²) in [6.45, 7) is 2.20. The highest BCUT2D eigenvalue weighted by Gasteiger charge is 2.11. The van der Waals surface area contributed by atoms with Gasteiger partial charge in [-0.05, 0) is 30.7 Å². The fraction of sp³-hybridized carbons (Fsp3) is 0.150. The van der Waals surface area contributed by atoms with Crippen molar-refractivity contribution in [2.75, 3.05) is 5.32 Å². The molecule has 0 aliphatic carbocycles. The summed E-state index contributed by atoms with van der Waals surface area (Å²) in [6.07, 6.45) is 5.31. The van der Waals surface area contributed by atoms with Gasteiger partial charge in [0.25, 0.3) is 5.56 Å². The van der Waals surface area contributed by atoms with Crippen molar-refractivity contribution in [1.82, 2.24) is 15.1 Å². The molecule has 0 spiro atoms. The minimum Gasteiger partial charge on any atom is -0.332 e. The fourth-order valence-corrected chi connectivity index (χ4v) is 2.69. The number of aryl methyl sites for hydroxylation is 1. The van der Waals surface area contributed by atoms with Crippen molar-refractivity contribution in [3.63, 3.8) is 0 Å². The predicted molar refractivity (Wildman–Crippen MR) is 102 cm³/mol. The molecule has 0 unspecified atom stereocenters. The Kier molecular flexibility index (Phi) is 4.99. The molecule has 0 saturated carbocycles. The van der Waals surface area contributed by atoms with Gasteiger partial charge in [0.05, 0.1) is 17.6 Å². The van der Waals surface area contributed by atoms with Crippen LogP contribution in [0, 0.1) is 19.3 Å². The van der Waals surface area contributed by atoms with Gasteiger partial charge in [0.15, 0.2) is 0 Å². The van der Waals surface area contributed by atoms with E-state index in [0.29, 0.717) is 22.2 Å². The van der Waals surface area contributed by atoms with Crippen LogP contribution in [0.1, 0.15) is 11.3 Å². The van der Waals surface area contributed by atoms with Gasteiger partial charge in [-0.3, -0.25) is 4.79 Å².